The van der Waals surface area contributed by atoms with Gasteiger partial charge in [0.2, 0.25) is 0 Å². The van der Waals surface area contributed by atoms with E-state index in [1.54, 1.807) is 0 Å². The number of hydrogen-bond donors (Lipinski definition) is 0. The van der Waals surface area contributed by atoms with Gasteiger partial charge in [-0.05, 0) is 38.0 Å². The van der Waals surface area contributed by atoms with Gasteiger partial charge in [-0.1, -0.05) is 18.6 Å². The predicted octanol–water partition coefficient (Wildman–Crippen LogP) is 2.54. The van der Waals surface area contributed by atoms with Crippen LogP contribution in [0.3, 0.4) is 0 Å². The van der Waals surface area contributed by atoms with Crippen LogP contribution < -0.4 is 0 Å². The number of hydrogen-bond acceptors (Lipinski definition) is 2. The number of rotatable bonds is 2. The number of esters is 1. The van der Waals surface area contributed by atoms with Crippen molar-refractivity contribution in [1.29, 1.82) is 0 Å². The highest BCUT2D eigenvalue weighted by Crippen LogP contribution is 2.51. The number of carbonyl (C=O) groups is 1. The molecule has 0 saturated heterocycles. The summed E-state index contributed by atoms with van der Waals surface area (Å²) >= 11 is 0. The highest BCUT2D eigenvalue weighted by atomic mass is 16.5. The predicted molar refractivity (Wildman–Crippen MR) is 54.7 cm³/mol. The average Bonchev–Trinajstić information content (AvgIpc) is 2.77. The van der Waals surface area contributed by atoms with E-state index in [9.17, 15) is 4.79 Å². The van der Waals surface area contributed by atoms with E-state index >= 15 is 0 Å². The Labute approximate surface area is 85.3 Å². The van der Waals surface area contributed by atoms with Crippen molar-refractivity contribution in [3.8, 4) is 0 Å². The van der Waals surface area contributed by atoms with E-state index in [1.165, 1.54) is 25.7 Å². The summed E-state index contributed by atoms with van der Waals surface area (Å²) in [5.74, 6) is 1.29. The van der Waals surface area contributed by atoms with E-state index in [0.29, 0.717) is 18.4 Å². The molecule has 0 spiro atoms. The Morgan fingerprint density at radius 2 is 2.36 bits per heavy atom. The van der Waals surface area contributed by atoms with Gasteiger partial charge in [-0.3, -0.25) is 4.79 Å². The van der Waals surface area contributed by atoms with E-state index in [0.717, 1.165) is 0 Å². The molecule has 1 fully saturated rings. The minimum atomic E-state index is 0.0223. The van der Waals surface area contributed by atoms with Gasteiger partial charge in [0.15, 0.2) is 0 Å². The minimum absolute atomic E-state index is 0.0223. The summed E-state index contributed by atoms with van der Waals surface area (Å²) in [5.41, 5.74) is 0. The third kappa shape index (κ3) is 1.84. The summed E-state index contributed by atoms with van der Waals surface area (Å²) in [7, 11) is 0. The fourth-order valence-electron chi connectivity index (χ4n) is 2.50. The van der Waals surface area contributed by atoms with Gasteiger partial charge in [0.25, 0.3) is 0 Å². The molecule has 0 amide bonds. The van der Waals surface area contributed by atoms with Crippen molar-refractivity contribution < 1.29 is 9.53 Å². The lowest BCUT2D eigenvalue weighted by molar-refractivity contribution is -0.145. The van der Waals surface area contributed by atoms with E-state index in [2.05, 4.69) is 12.2 Å². The molecule has 0 bridgehead atoms. The van der Waals surface area contributed by atoms with E-state index in [1.807, 2.05) is 6.92 Å². The smallest absolute Gasteiger partial charge is 0.309 e. The lowest BCUT2D eigenvalue weighted by atomic mass is 10.1. The van der Waals surface area contributed by atoms with Crippen molar-refractivity contribution in [2.24, 2.45) is 17.8 Å². The molecule has 2 heteroatoms. The lowest BCUT2D eigenvalue weighted by Gasteiger charge is -2.00. The fraction of sp³-hybridized carbons (Fsp3) is 0.750. The zero-order valence-corrected chi connectivity index (χ0v) is 8.74. The van der Waals surface area contributed by atoms with Gasteiger partial charge in [0.1, 0.15) is 0 Å². The van der Waals surface area contributed by atoms with Crippen LogP contribution in [0.2, 0.25) is 0 Å². The maximum absolute atomic E-state index is 11.5. The molecule has 3 atom stereocenters. The van der Waals surface area contributed by atoms with Gasteiger partial charge in [0.05, 0.1) is 12.5 Å². The SMILES string of the molecule is CCOC(=O)[C@@H]1[C@H]2C=CCCCC[C@@H]21. The van der Waals surface area contributed by atoms with Crippen molar-refractivity contribution >= 4 is 5.97 Å². The standard InChI is InChI=1S/C12H18O2/c1-2-14-12(13)11-9-7-5-3-4-6-8-10(9)11/h5,7,9-11H,2-4,6,8H2,1H3/t9-,10-,11+/m0/s1. The summed E-state index contributed by atoms with van der Waals surface area (Å²) in [6, 6.07) is 0. The van der Waals surface area contributed by atoms with E-state index < -0.39 is 0 Å². The molecule has 2 aliphatic carbocycles. The third-order valence-corrected chi connectivity index (χ3v) is 3.30. The summed E-state index contributed by atoms with van der Waals surface area (Å²) < 4.78 is 5.07. The maximum Gasteiger partial charge on any atom is 0.309 e. The summed E-state index contributed by atoms with van der Waals surface area (Å²) in [4.78, 5) is 11.5. The van der Waals surface area contributed by atoms with Gasteiger partial charge in [0, 0.05) is 0 Å². The Bertz CT molecular complexity index is 245. The Morgan fingerprint density at radius 1 is 1.50 bits per heavy atom. The molecule has 78 valence electrons. The molecule has 0 aliphatic heterocycles. The van der Waals surface area contributed by atoms with Crippen molar-refractivity contribution in [1.82, 2.24) is 0 Å². The molecule has 0 aromatic heterocycles. The van der Waals surface area contributed by atoms with E-state index in [-0.39, 0.29) is 11.9 Å². The molecule has 1 saturated carbocycles. The molecule has 0 aromatic carbocycles. The van der Waals surface area contributed by atoms with Gasteiger partial charge in [-0.25, -0.2) is 0 Å². The first-order chi connectivity index (χ1) is 6.84. The van der Waals surface area contributed by atoms with Gasteiger partial charge < -0.3 is 4.74 Å². The molecule has 0 N–H and O–H groups in total. The zero-order chi connectivity index (χ0) is 9.97. The fourth-order valence-corrected chi connectivity index (χ4v) is 2.50. The molecular formula is C12H18O2. The van der Waals surface area contributed by atoms with Crippen LogP contribution in [0.5, 0.6) is 0 Å². The van der Waals surface area contributed by atoms with Crippen LogP contribution in [0, 0.1) is 17.8 Å². The molecule has 0 aromatic rings. The Kier molecular flexibility index (Phi) is 2.90. The second-order valence-electron chi connectivity index (χ2n) is 4.23. The average molecular weight is 194 g/mol. The first-order valence-corrected chi connectivity index (χ1v) is 5.68. The molecule has 0 unspecified atom stereocenters. The topological polar surface area (TPSA) is 26.3 Å². The maximum atomic E-state index is 11.5. The van der Waals surface area contributed by atoms with E-state index in [4.69, 9.17) is 4.74 Å². The Morgan fingerprint density at radius 3 is 3.14 bits per heavy atom. The second kappa shape index (κ2) is 4.16. The second-order valence-corrected chi connectivity index (χ2v) is 4.23. The third-order valence-electron chi connectivity index (χ3n) is 3.30. The lowest BCUT2D eigenvalue weighted by Crippen LogP contribution is -2.08. The largest absolute Gasteiger partial charge is 0.466 e. The van der Waals surface area contributed by atoms with Crippen molar-refractivity contribution in [2.75, 3.05) is 6.61 Å². The first kappa shape index (κ1) is 9.75. The highest BCUT2D eigenvalue weighted by molar-refractivity contribution is 5.77. The summed E-state index contributed by atoms with van der Waals surface area (Å²) in [5, 5.41) is 0. The van der Waals surface area contributed by atoms with Crippen LogP contribution in [0.4, 0.5) is 0 Å². The number of fused-ring (bicyclic) bond motifs is 1. The molecule has 2 aliphatic rings. The molecule has 14 heavy (non-hydrogen) atoms. The number of allylic oxidation sites excluding steroid dienone is 2. The van der Waals surface area contributed by atoms with Gasteiger partial charge in [-0.15, -0.1) is 0 Å². The quantitative estimate of drug-likeness (QED) is 0.499. The van der Waals surface area contributed by atoms with Crippen LogP contribution in [-0.2, 0) is 9.53 Å². The van der Waals surface area contributed by atoms with Crippen molar-refractivity contribution in [3.05, 3.63) is 12.2 Å². The monoisotopic (exact) mass is 194 g/mol. The normalized spacial score (nSPS) is 35.4. The zero-order valence-electron chi connectivity index (χ0n) is 8.74. The molecule has 0 radical (unpaired) electrons. The highest BCUT2D eigenvalue weighted by Gasteiger charge is 2.53. The summed E-state index contributed by atoms with van der Waals surface area (Å²) in [6.45, 7) is 2.39. The van der Waals surface area contributed by atoms with Crippen molar-refractivity contribution in [2.45, 2.75) is 32.6 Å². The summed E-state index contributed by atoms with van der Waals surface area (Å²) in [6.07, 6.45) is 9.38. The van der Waals surface area contributed by atoms with Crippen LogP contribution >= 0.6 is 0 Å². The van der Waals surface area contributed by atoms with Gasteiger partial charge >= 0.3 is 5.97 Å². The molecule has 2 nitrogen and oxygen atoms in total. The van der Waals surface area contributed by atoms with Gasteiger partial charge in [-0.2, -0.15) is 0 Å². The Hall–Kier alpha value is -0.790. The van der Waals surface area contributed by atoms with Crippen LogP contribution in [0.15, 0.2) is 12.2 Å². The molecule has 2 rings (SSSR count). The first-order valence-electron chi connectivity index (χ1n) is 5.68. The minimum Gasteiger partial charge on any atom is -0.466 e. The number of ether oxygens (including phenoxy) is 1. The molecular weight excluding hydrogens is 176 g/mol. The van der Waals surface area contributed by atoms with Crippen molar-refractivity contribution in [3.63, 3.8) is 0 Å². The van der Waals surface area contributed by atoms with Crippen LogP contribution in [0.1, 0.15) is 32.6 Å². The van der Waals surface area contributed by atoms with Crippen LogP contribution in [0.25, 0.3) is 0 Å². The molecule has 0 heterocycles. The van der Waals surface area contributed by atoms with Crippen LogP contribution in [-0.4, -0.2) is 12.6 Å². The number of carbonyl (C=O) groups excluding carboxylic acids is 1. The Balaban J connectivity index is 1.94.